The SMILES string of the molecule is CCOc1ccc(S(=O)(=O)NC(C)C(=O)Nc2cc(F)ccc2C)cc1C. The van der Waals surface area contributed by atoms with Gasteiger partial charge in [-0.1, -0.05) is 6.07 Å². The quantitative estimate of drug-likeness (QED) is 0.756. The first-order chi connectivity index (χ1) is 12.6. The van der Waals surface area contributed by atoms with Gasteiger partial charge in [-0.2, -0.15) is 4.72 Å². The molecule has 1 unspecified atom stereocenters. The van der Waals surface area contributed by atoms with Crippen LogP contribution < -0.4 is 14.8 Å². The summed E-state index contributed by atoms with van der Waals surface area (Å²) in [5.41, 5.74) is 1.64. The van der Waals surface area contributed by atoms with Crippen LogP contribution in [0.25, 0.3) is 0 Å². The van der Waals surface area contributed by atoms with E-state index in [0.717, 1.165) is 0 Å². The molecule has 0 aromatic heterocycles. The number of amides is 1. The molecule has 0 aliphatic rings. The summed E-state index contributed by atoms with van der Waals surface area (Å²) in [6.45, 7) is 7.19. The fourth-order valence-electron chi connectivity index (χ4n) is 2.43. The average molecular weight is 394 g/mol. The number of halogens is 1. The highest BCUT2D eigenvalue weighted by Crippen LogP contribution is 2.22. The Kier molecular flexibility index (Phi) is 6.56. The number of hydrogen-bond acceptors (Lipinski definition) is 4. The van der Waals surface area contributed by atoms with E-state index in [9.17, 15) is 17.6 Å². The van der Waals surface area contributed by atoms with E-state index in [1.54, 1.807) is 19.9 Å². The predicted molar refractivity (Wildman–Crippen MR) is 102 cm³/mol. The maximum Gasteiger partial charge on any atom is 0.242 e. The molecule has 1 amide bonds. The Morgan fingerprint density at radius 1 is 1.15 bits per heavy atom. The normalized spacial score (nSPS) is 12.5. The number of sulfonamides is 1. The largest absolute Gasteiger partial charge is 0.494 e. The molecule has 2 aromatic rings. The van der Waals surface area contributed by atoms with E-state index in [1.807, 2.05) is 6.92 Å². The lowest BCUT2D eigenvalue weighted by molar-refractivity contribution is -0.117. The number of hydrogen-bond donors (Lipinski definition) is 2. The molecule has 0 aliphatic carbocycles. The second-order valence-electron chi connectivity index (χ2n) is 6.15. The number of ether oxygens (including phenoxy) is 1. The monoisotopic (exact) mass is 394 g/mol. The smallest absolute Gasteiger partial charge is 0.242 e. The lowest BCUT2D eigenvalue weighted by Gasteiger charge is -2.16. The van der Waals surface area contributed by atoms with Gasteiger partial charge in [-0.3, -0.25) is 4.79 Å². The summed E-state index contributed by atoms with van der Waals surface area (Å²) in [7, 11) is -3.91. The zero-order chi connectivity index (χ0) is 20.2. The van der Waals surface area contributed by atoms with Crippen LogP contribution in [-0.2, 0) is 14.8 Å². The molecule has 8 heteroatoms. The molecule has 27 heavy (non-hydrogen) atoms. The van der Waals surface area contributed by atoms with Gasteiger partial charge in [0.2, 0.25) is 15.9 Å². The zero-order valence-corrected chi connectivity index (χ0v) is 16.5. The van der Waals surface area contributed by atoms with E-state index in [0.29, 0.717) is 29.2 Å². The topological polar surface area (TPSA) is 84.5 Å². The first-order valence-corrected chi connectivity index (χ1v) is 9.95. The zero-order valence-electron chi connectivity index (χ0n) is 15.7. The molecular weight excluding hydrogens is 371 g/mol. The van der Waals surface area contributed by atoms with Gasteiger partial charge in [0.05, 0.1) is 17.5 Å². The van der Waals surface area contributed by atoms with Gasteiger partial charge in [-0.05, 0) is 69.2 Å². The summed E-state index contributed by atoms with van der Waals surface area (Å²) < 4.78 is 46.2. The molecule has 2 aromatic carbocycles. The summed E-state index contributed by atoms with van der Waals surface area (Å²) in [5, 5.41) is 2.54. The Morgan fingerprint density at radius 2 is 1.85 bits per heavy atom. The minimum atomic E-state index is -3.91. The molecule has 0 aliphatic heterocycles. The second kappa shape index (κ2) is 8.49. The van der Waals surface area contributed by atoms with Crippen molar-refractivity contribution in [3.63, 3.8) is 0 Å². The van der Waals surface area contributed by atoms with E-state index < -0.39 is 27.8 Å². The van der Waals surface area contributed by atoms with Gasteiger partial charge in [0.1, 0.15) is 11.6 Å². The molecule has 0 spiro atoms. The molecule has 0 fully saturated rings. The molecule has 2 N–H and O–H groups in total. The third-order valence-electron chi connectivity index (χ3n) is 3.94. The minimum Gasteiger partial charge on any atom is -0.494 e. The third kappa shape index (κ3) is 5.27. The Labute approximate surface area is 158 Å². The summed E-state index contributed by atoms with van der Waals surface area (Å²) >= 11 is 0. The van der Waals surface area contributed by atoms with Crippen molar-refractivity contribution in [2.75, 3.05) is 11.9 Å². The van der Waals surface area contributed by atoms with Gasteiger partial charge in [0, 0.05) is 5.69 Å². The van der Waals surface area contributed by atoms with Crippen LogP contribution in [0.4, 0.5) is 10.1 Å². The van der Waals surface area contributed by atoms with Gasteiger partial charge in [-0.25, -0.2) is 12.8 Å². The number of anilines is 1. The molecular formula is C19H23FN2O4S. The van der Waals surface area contributed by atoms with Crippen molar-refractivity contribution < 1.29 is 22.3 Å². The minimum absolute atomic E-state index is 0.0324. The van der Waals surface area contributed by atoms with Crippen LogP contribution in [0.3, 0.4) is 0 Å². The van der Waals surface area contributed by atoms with Gasteiger partial charge in [0.15, 0.2) is 0 Å². The molecule has 0 heterocycles. The molecule has 2 rings (SSSR count). The van der Waals surface area contributed by atoms with E-state index in [1.165, 1.54) is 37.3 Å². The number of benzene rings is 2. The Bertz CT molecular complexity index is 945. The molecule has 146 valence electrons. The number of nitrogens with one attached hydrogen (secondary N) is 2. The summed E-state index contributed by atoms with van der Waals surface area (Å²) in [6.07, 6.45) is 0. The maximum absolute atomic E-state index is 13.3. The first kappa shape index (κ1) is 20.9. The standard InChI is InChI=1S/C19H23FN2O4S/c1-5-26-18-9-8-16(10-13(18)3)27(24,25)22-14(4)19(23)21-17-11-15(20)7-6-12(17)2/h6-11,14,22H,5H2,1-4H3,(H,21,23). The van der Waals surface area contributed by atoms with Gasteiger partial charge >= 0.3 is 0 Å². The van der Waals surface area contributed by atoms with Crippen LogP contribution in [0, 0.1) is 19.7 Å². The van der Waals surface area contributed by atoms with Crippen molar-refractivity contribution in [3.8, 4) is 5.75 Å². The Balaban J connectivity index is 2.13. The van der Waals surface area contributed by atoms with Crippen LogP contribution >= 0.6 is 0 Å². The van der Waals surface area contributed by atoms with Crippen molar-refractivity contribution >= 4 is 21.6 Å². The van der Waals surface area contributed by atoms with Crippen molar-refractivity contribution in [3.05, 3.63) is 53.3 Å². The van der Waals surface area contributed by atoms with Crippen LogP contribution in [0.1, 0.15) is 25.0 Å². The summed E-state index contributed by atoms with van der Waals surface area (Å²) in [5.74, 6) is -0.479. The maximum atomic E-state index is 13.3. The summed E-state index contributed by atoms with van der Waals surface area (Å²) in [6, 6.07) is 7.42. The molecule has 0 bridgehead atoms. The number of rotatable bonds is 7. The van der Waals surface area contributed by atoms with E-state index in [2.05, 4.69) is 10.0 Å². The number of aryl methyl sites for hydroxylation is 2. The highest BCUT2D eigenvalue weighted by molar-refractivity contribution is 7.89. The highest BCUT2D eigenvalue weighted by atomic mass is 32.2. The number of carbonyl (C=O) groups is 1. The fourth-order valence-corrected chi connectivity index (χ4v) is 3.72. The Morgan fingerprint density at radius 3 is 2.48 bits per heavy atom. The highest BCUT2D eigenvalue weighted by Gasteiger charge is 2.23. The molecule has 6 nitrogen and oxygen atoms in total. The van der Waals surface area contributed by atoms with Crippen molar-refractivity contribution in [2.24, 2.45) is 0 Å². The Hall–Kier alpha value is -2.45. The average Bonchev–Trinajstić information content (AvgIpc) is 2.59. The molecule has 0 saturated carbocycles. The lowest BCUT2D eigenvalue weighted by atomic mass is 10.2. The van der Waals surface area contributed by atoms with Crippen LogP contribution in [0.15, 0.2) is 41.3 Å². The number of carbonyl (C=O) groups excluding carboxylic acids is 1. The molecule has 0 radical (unpaired) electrons. The van der Waals surface area contributed by atoms with Crippen molar-refractivity contribution in [1.29, 1.82) is 0 Å². The first-order valence-electron chi connectivity index (χ1n) is 8.47. The predicted octanol–water partition coefficient (Wildman–Crippen LogP) is 3.15. The second-order valence-corrected chi connectivity index (χ2v) is 7.87. The van der Waals surface area contributed by atoms with E-state index in [-0.39, 0.29) is 4.90 Å². The molecule has 0 saturated heterocycles. The van der Waals surface area contributed by atoms with E-state index >= 15 is 0 Å². The van der Waals surface area contributed by atoms with Crippen molar-refractivity contribution in [2.45, 2.75) is 38.6 Å². The van der Waals surface area contributed by atoms with Gasteiger partial charge in [0.25, 0.3) is 0 Å². The van der Waals surface area contributed by atoms with Gasteiger partial charge < -0.3 is 10.1 Å². The molecule has 1 atom stereocenters. The van der Waals surface area contributed by atoms with Crippen LogP contribution in [0.2, 0.25) is 0 Å². The van der Waals surface area contributed by atoms with Crippen LogP contribution in [0.5, 0.6) is 5.75 Å². The summed E-state index contributed by atoms with van der Waals surface area (Å²) in [4.78, 5) is 12.3. The van der Waals surface area contributed by atoms with Gasteiger partial charge in [-0.15, -0.1) is 0 Å². The van der Waals surface area contributed by atoms with Crippen LogP contribution in [-0.4, -0.2) is 27.0 Å². The van der Waals surface area contributed by atoms with Crippen molar-refractivity contribution in [1.82, 2.24) is 4.72 Å². The fraction of sp³-hybridized carbons (Fsp3) is 0.316. The lowest BCUT2D eigenvalue weighted by Crippen LogP contribution is -2.41. The van der Waals surface area contributed by atoms with E-state index in [4.69, 9.17) is 4.74 Å². The third-order valence-corrected chi connectivity index (χ3v) is 5.48.